The van der Waals surface area contributed by atoms with Gasteiger partial charge in [-0.25, -0.2) is 4.98 Å². The standard InChI is InChI=1S/C25H28N4O2/c1-2-31-19-6-4-17(5-7-19)23-15-20(21-16-26-11-8-22(21)28-23)25(30)27-10-3-12-29-13-9-18-14-24(18)29/h4-8,11,15-16,18,24H,2-3,9-10,12-14H2,1H3,(H,27,30). The summed E-state index contributed by atoms with van der Waals surface area (Å²) in [6.45, 7) is 5.55. The van der Waals surface area contributed by atoms with E-state index in [1.54, 1.807) is 12.4 Å². The predicted octanol–water partition coefficient (Wildman–Crippen LogP) is 3.91. The molecular formula is C25H28N4O2. The number of ether oxygens (including phenoxy) is 1. The molecule has 0 spiro atoms. The third kappa shape index (κ3) is 4.26. The number of aromatic nitrogens is 2. The van der Waals surface area contributed by atoms with Crippen molar-refractivity contribution in [2.24, 2.45) is 5.92 Å². The molecule has 3 heterocycles. The van der Waals surface area contributed by atoms with Crippen LogP contribution < -0.4 is 10.1 Å². The van der Waals surface area contributed by atoms with Crippen LogP contribution in [0.2, 0.25) is 0 Å². The molecule has 2 atom stereocenters. The molecule has 2 aromatic heterocycles. The molecule has 1 N–H and O–H groups in total. The number of benzene rings is 1. The van der Waals surface area contributed by atoms with Gasteiger partial charge in [0.15, 0.2) is 0 Å². The van der Waals surface area contributed by atoms with Crippen LogP contribution in [0.5, 0.6) is 5.75 Å². The molecule has 6 heteroatoms. The van der Waals surface area contributed by atoms with Gasteiger partial charge >= 0.3 is 0 Å². The topological polar surface area (TPSA) is 67.3 Å². The molecule has 3 aromatic rings. The first kappa shape index (κ1) is 19.9. The zero-order valence-electron chi connectivity index (χ0n) is 17.9. The van der Waals surface area contributed by atoms with Crippen molar-refractivity contribution >= 4 is 16.8 Å². The van der Waals surface area contributed by atoms with E-state index in [9.17, 15) is 4.79 Å². The number of fused-ring (bicyclic) bond motifs is 2. The lowest BCUT2D eigenvalue weighted by molar-refractivity contribution is 0.0953. The number of rotatable bonds is 8. The van der Waals surface area contributed by atoms with E-state index >= 15 is 0 Å². The summed E-state index contributed by atoms with van der Waals surface area (Å²) >= 11 is 0. The first-order valence-electron chi connectivity index (χ1n) is 11.2. The number of carbonyl (C=O) groups is 1. The molecule has 2 fully saturated rings. The van der Waals surface area contributed by atoms with Crippen LogP contribution in [-0.2, 0) is 0 Å². The number of pyridine rings is 2. The second kappa shape index (κ2) is 8.63. The maximum Gasteiger partial charge on any atom is 0.252 e. The molecule has 6 nitrogen and oxygen atoms in total. The van der Waals surface area contributed by atoms with Gasteiger partial charge in [0.2, 0.25) is 0 Å². The number of nitrogens with zero attached hydrogens (tertiary/aromatic N) is 3. The van der Waals surface area contributed by atoms with E-state index in [1.807, 2.05) is 43.3 Å². The molecule has 160 valence electrons. The van der Waals surface area contributed by atoms with Crippen molar-refractivity contribution < 1.29 is 9.53 Å². The number of amides is 1. The Balaban J connectivity index is 1.32. The Bertz CT molecular complexity index is 1080. The molecule has 2 aliphatic rings. The fourth-order valence-corrected chi connectivity index (χ4v) is 4.64. The third-order valence-electron chi connectivity index (χ3n) is 6.36. The Kier molecular flexibility index (Phi) is 5.55. The lowest BCUT2D eigenvalue weighted by atomic mass is 10.0. The van der Waals surface area contributed by atoms with Crippen LogP contribution in [0.15, 0.2) is 48.8 Å². The SMILES string of the molecule is CCOc1ccc(-c2cc(C(=O)NCCCN3CCC4CC43)c3cnccc3n2)cc1. The van der Waals surface area contributed by atoms with Gasteiger partial charge in [-0.15, -0.1) is 0 Å². The molecule has 1 amide bonds. The van der Waals surface area contributed by atoms with Crippen LogP contribution in [0.25, 0.3) is 22.2 Å². The number of nitrogens with one attached hydrogen (secondary N) is 1. The largest absolute Gasteiger partial charge is 0.494 e. The summed E-state index contributed by atoms with van der Waals surface area (Å²) in [5, 5.41) is 3.88. The zero-order chi connectivity index (χ0) is 21.2. The highest BCUT2D eigenvalue weighted by atomic mass is 16.5. The summed E-state index contributed by atoms with van der Waals surface area (Å²) in [6, 6.07) is 12.3. The summed E-state index contributed by atoms with van der Waals surface area (Å²) in [7, 11) is 0. The summed E-state index contributed by atoms with van der Waals surface area (Å²) in [6.07, 6.45) is 7.12. The summed E-state index contributed by atoms with van der Waals surface area (Å²) in [5.41, 5.74) is 3.10. The number of hydrogen-bond donors (Lipinski definition) is 1. The van der Waals surface area contributed by atoms with Gasteiger partial charge in [0.1, 0.15) is 5.75 Å². The second-order valence-electron chi connectivity index (χ2n) is 8.40. The van der Waals surface area contributed by atoms with E-state index in [-0.39, 0.29) is 5.91 Å². The van der Waals surface area contributed by atoms with Crippen LogP contribution in [0.3, 0.4) is 0 Å². The minimum Gasteiger partial charge on any atom is -0.494 e. The van der Waals surface area contributed by atoms with Gasteiger partial charge in [-0.1, -0.05) is 0 Å². The second-order valence-corrected chi connectivity index (χ2v) is 8.40. The lowest BCUT2D eigenvalue weighted by Gasteiger charge is -2.17. The van der Waals surface area contributed by atoms with Gasteiger partial charge in [-0.05, 0) is 75.0 Å². The number of hydrogen-bond acceptors (Lipinski definition) is 5. The highest BCUT2D eigenvalue weighted by molar-refractivity contribution is 6.06. The van der Waals surface area contributed by atoms with E-state index in [4.69, 9.17) is 9.72 Å². The molecule has 1 aliphatic carbocycles. The minimum absolute atomic E-state index is 0.0710. The van der Waals surface area contributed by atoms with Gasteiger partial charge in [0.05, 0.1) is 23.4 Å². The summed E-state index contributed by atoms with van der Waals surface area (Å²) in [4.78, 5) is 24.6. The van der Waals surface area contributed by atoms with Crippen LogP contribution in [-0.4, -0.2) is 53.1 Å². The predicted molar refractivity (Wildman–Crippen MR) is 121 cm³/mol. The highest BCUT2D eigenvalue weighted by Gasteiger charge is 2.46. The Morgan fingerprint density at radius 3 is 2.87 bits per heavy atom. The zero-order valence-corrected chi connectivity index (χ0v) is 17.9. The van der Waals surface area contributed by atoms with E-state index < -0.39 is 0 Å². The fraction of sp³-hybridized carbons (Fsp3) is 0.400. The summed E-state index contributed by atoms with van der Waals surface area (Å²) < 4.78 is 5.53. The average Bonchev–Trinajstić information content (AvgIpc) is 3.48. The van der Waals surface area contributed by atoms with Crippen molar-refractivity contribution in [3.63, 3.8) is 0 Å². The van der Waals surface area contributed by atoms with Crippen molar-refractivity contribution in [1.29, 1.82) is 0 Å². The van der Waals surface area contributed by atoms with Crippen LogP contribution in [0, 0.1) is 5.92 Å². The number of likely N-dealkylation sites (tertiary alicyclic amines) is 1. The van der Waals surface area contributed by atoms with Gasteiger partial charge in [-0.2, -0.15) is 0 Å². The van der Waals surface area contributed by atoms with Gasteiger partial charge < -0.3 is 15.0 Å². The van der Waals surface area contributed by atoms with Crippen molar-refractivity contribution in [2.75, 3.05) is 26.2 Å². The first-order chi connectivity index (χ1) is 15.2. The molecule has 31 heavy (non-hydrogen) atoms. The third-order valence-corrected chi connectivity index (χ3v) is 6.36. The molecule has 1 aliphatic heterocycles. The molecule has 0 bridgehead atoms. The monoisotopic (exact) mass is 416 g/mol. The quantitative estimate of drug-likeness (QED) is 0.564. The van der Waals surface area contributed by atoms with E-state index in [2.05, 4.69) is 15.2 Å². The normalized spacial score (nSPS) is 19.9. The Morgan fingerprint density at radius 2 is 2.13 bits per heavy atom. The van der Waals surface area contributed by atoms with Gasteiger partial charge in [0.25, 0.3) is 5.91 Å². The molecular weight excluding hydrogens is 388 g/mol. The molecule has 2 unspecified atom stereocenters. The van der Waals surface area contributed by atoms with Crippen molar-refractivity contribution in [3.05, 3.63) is 54.4 Å². The lowest BCUT2D eigenvalue weighted by Crippen LogP contribution is -2.30. The Morgan fingerprint density at radius 1 is 1.26 bits per heavy atom. The molecule has 1 aromatic carbocycles. The van der Waals surface area contributed by atoms with Crippen molar-refractivity contribution in [1.82, 2.24) is 20.2 Å². The van der Waals surface area contributed by atoms with Gasteiger partial charge in [0, 0.05) is 42.5 Å². The molecule has 0 radical (unpaired) electrons. The van der Waals surface area contributed by atoms with E-state index in [0.717, 1.165) is 52.8 Å². The van der Waals surface area contributed by atoms with Crippen molar-refractivity contribution in [2.45, 2.75) is 32.2 Å². The Labute approximate surface area is 182 Å². The highest BCUT2D eigenvalue weighted by Crippen LogP contribution is 2.44. The molecule has 5 rings (SSSR count). The Hall–Kier alpha value is -2.99. The molecule has 1 saturated heterocycles. The summed E-state index contributed by atoms with van der Waals surface area (Å²) in [5.74, 6) is 1.70. The van der Waals surface area contributed by atoms with E-state index in [0.29, 0.717) is 18.7 Å². The van der Waals surface area contributed by atoms with Crippen LogP contribution in [0.1, 0.15) is 36.5 Å². The maximum absolute atomic E-state index is 13.0. The van der Waals surface area contributed by atoms with Crippen LogP contribution in [0.4, 0.5) is 0 Å². The maximum atomic E-state index is 13.0. The molecule has 1 saturated carbocycles. The first-order valence-corrected chi connectivity index (χ1v) is 11.2. The smallest absolute Gasteiger partial charge is 0.252 e. The fourth-order valence-electron chi connectivity index (χ4n) is 4.64. The average molecular weight is 417 g/mol. The van der Waals surface area contributed by atoms with Crippen molar-refractivity contribution in [3.8, 4) is 17.0 Å². The van der Waals surface area contributed by atoms with Crippen LogP contribution >= 0.6 is 0 Å². The minimum atomic E-state index is -0.0710. The van der Waals surface area contributed by atoms with E-state index in [1.165, 1.54) is 19.4 Å². The number of carbonyl (C=O) groups excluding carboxylic acids is 1. The number of piperidine rings is 1. The van der Waals surface area contributed by atoms with Gasteiger partial charge in [-0.3, -0.25) is 9.78 Å².